The van der Waals surface area contributed by atoms with Gasteiger partial charge >= 0.3 is 8.80 Å². The first-order valence-electron chi connectivity index (χ1n) is 4.97. The summed E-state index contributed by atoms with van der Waals surface area (Å²) in [6.07, 6.45) is 0.712. The van der Waals surface area contributed by atoms with Gasteiger partial charge < -0.3 is 14.4 Å². The number of rotatable bonds is 8. The van der Waals surface area contributed by atoms with Gasteiger partial charge in [-0.3, -0.25) is 0 Å². The van der Waals surface area contributed by atoms with E-state index in [-0.39, 0.29) is 24.8 Å². The van der Waals surface area contributed by atoms with Crippen LogP contribution in [0, 0.1) is 0 Å². The van der Waals surface area contributed by atoms with Crippen molar-refractivity contribution >= 4 is 18.9 Å². The fraction of sp³-hybridized carbons (Fsp3) is 1.00. The van der Waals surface area contributed by atoms with Gasteiger partial charge in [0, 0.05) is 19.6 Å². The van der Waals surface area contributed by atoms with E-state index in [1.54, 1.807) is 6.92 Å². The smallest absolute Gasteiger partial charge is 0.390 e. The van der Waals surface area contributed by atoms with Crippen molar-refractivity contribution in [2.24, 2.45) is 0 Å². The summed E-state index contributed by atoms with van der Waals surface area (Å²) in [6, 6.07) is -0.144. The maximum Gasteiger partial charge on any atom is 0.492 e. The average molecular weight is 273 g/mol. The Morgan fingerprint density at radius 3 is 2.31 bits per heavy atom. The standard InChI is InChI=1S/C7H19NO6SSi/c1-3-6-15(9,10)14-8(2)5-4-7-16(11,12)13/h11-13H,3-7H2,1-2H3. The second-order valence-electron chi connectivity index (χ2n) is 3.57. The molecule has 98 valence electrons. The van der Waals surface area contributed by atoms with Gasteiger partial charge in [0.1, 0.15) is 0 Å². The van der Waals surface area contributed by atoms with Crippen LogP contribution >= 0.6 is 0 Å². The molecular weight excluding hydrogens is 254 g/mol. The number of hydrogen-bond acceptors (Lipinski definition) is 7. The van der Waals surface area contributed by atoms with Crippen molar-refractivity contribution in [2.75, 3.05) is 19.3 Å². The minimum absolute atomic E-state index is 0.0595. The minimum Gasteiger partial charge on any atom is -0.390 e. The molecular formula is C7H19NO6SSi. The molecule has 7 nitrogen and oxygen atoms in total. The summed E-state index contributed by atoms with van der Waals surface area (Å²) in [5, 5.41) is 1.10. The van der Waals surface area contributed by atoms with Gasteiger partial charge in [0.05, 0.1) is 5.75 Å². The van der Waals surface area contributed by atoms with Crippen molar-refractivity contribution < 1.29 is 27.1 Å². The number of hydroxylamine groups is 2. The van der Waals surface area contributed by atoms with Gasteiger partial charge in [-0.1, -0.05) is 6.92 Å². The van der Waals surface area contributed by atoms with Crippen molar-refractivity contribution in [3.05, 3.63) is 0 Å². The molecule has 0 saturated heterocycles. The second-order valence-corrected chi connectivity index (χ2v) is 7.29. The van der Waals surface area contributed by atoms with Crippen LogP contribution in [-0.4, -0.2) is 56.0 Å². The van der Waals surface area contributed by atoms with Crippen LogP contribution in [0.2, 0.25) is 6.04 Å². The number of nitrogens with zero attached hydrogens (tertiary/aromatic N) is 1. The summed E-state index contributed by atoms with van der Waals surface area (Å²) in [4.78, 5) is 26.2. The normalized spacial score (nSPS) is 13.4. The molecule has 0 heterocycles. The first-order chi connectivity index (χ1) is 7.16. The fourth-order valence-electron chi connectivity index (χ4n) is 1.06. The molecule has 0 spiro atoms. The van der Waals surface area contributed by atoms with Crippen LogP contribution in [0.5, 0.6) is 0 Å². The molecule has 0 amide bonds. The molecule has 0 rings (SSSR count). The molecule has 0 aliphatic rings. The van der Waals surface area contributed by atoms with Gasteiger partial charge in [0.2, 0.25) is 0 Å². The maximum atomic E-state index is 11.2. The predicted molar refractivity (Wildman–Crippen MR) is 59.6 cm³/mol. The maximum absolute atomic E-state index is 11.2. The summed E-state index contributed by atoms with van der Waals surface area (Å²) in [6.45, 7) is 1.92. The highest BCUT2D eigenvalue weighted by molar-refractivity contribution is 7.86. The molecule has 0 saturated carbocycles. The van der Waals surface area contributed by atoms with Crippen LogP contribution < -0.4 is 0 Å². The van der Waals surface area contributed by atoms with E-state index in [1.165, 1.54) is 7.05 Å². The van der Waals surface area contributed by atoms with E-state index >= 15 is 0 Å². The summed E-state index contributed by atoms with van der Waals surface area (Å²) in [7, 11) is -6.14. The third-order valence-corrected chi connectivity index (χ3v) is 4.09. The van der Waals surface area contributed by atoms with E-state index in [0.717, 1.165) is 5.06 Å². The van der Waals surface area contributed by atoms with E-state index in [4.69, 9.17) is 14.4 Å². The molecule has 0 aliphatic carbocycles. The van der Waals surface area contributed by atoms with Crippen LogP contribution in [0.4, 0.5) is 0 Å². The van der Waals surface area contributed by atoms with Crippen molar-refractivity contribution in [2.45, 2.75) is 25.8 Å². The molecule has 0 aromatic carbocycles. The number of hydrogen-bond donors (Lipinski definition) is 3. The zero-order chi connectivity index (χ0) is 12.8. The Morgan fingerprint density at radius 1 is 1.31 bits per heavy atom. The molecule has 0 fully saturated rings. The SMILES string of the molecule is CCCS(=O)(=O)ON(C)CCC[Si](O)(O)O. The lowest BCUT2D eigenvalue weighted by Crippen LogP contribution is -2.35. The minimum atomic E-state index is -4.03. The van der Waals surface area contributed by atoms with E-state index in [9.17, 15) is 8.42 Å². The first-order valence-corrected chi connectivity index (χ1v) is 8.59. The van der Waals surface area contributed by atoms with Crippen LogP contribution in [0.25, 0.3) is 0 Å². The Balaban J connectivity index is 3.87. The Morgan fingerprint density at radius 2 is 1.88 bits per heavy atom. The Kier molecular flexibility index (Phi) is 6.63. The van der Waals surface area contributed by atoms with Crippen molar-refractivity contribution in [1.29, 1.82) is 0 Å². The molecule has 0 unspecified atom stereocenters. The third kappa shape index (κ3) is 9.21. The second kappa shape index (κ2) is 6.64. The Labute approximate surface area is 96.7 Å². The third-order valence-electron chi connectivity index (χ3n) is 1.68. The summed E-state index contributed by atoms with van der Waals surface area (Å²) < 4.78 is 27.1. The van der Waals surface area contributed by atoms with E-state index in [2.05, 4.69) is 4.28 Å². The molecule has 0 aromatic rings. The highest BCUT2D eigenvalue weighted by Gasteiger charge is 2.26. The van der Waals surface area contributed by atoms with Gasteiger partial charge in [-0.15, -0.1) is 0 Å². The summed E-state index contributed by atoms with van der Waals surface area (Å²) >= 11 is 0. The largest absolute Gasteiger partial charge is 0.492 e. The van der Waals surface area contributed by atoms with Crippen molar-refractivity contribution in [3.8, 4) is 0 Å². The lowest BCUT2D eigenvalue weighted by molar-refractivity contribution is -0.0241. The topological polar surface area (TPSA) is 107 Å². The molecule has 0 atom stereocenters. The van der Waals surface area contributed by atoms with Crippen molar-refractivity contribution in [3.63, 3.8) is 0 Å². The van der Waals surface area contributed by atoms with Crippen LogP contribution in [0.1, 0.15) is 19.8 Å². The van der Waals surface area contributed by atoms with E-state index < -0.39 is 18.9 Å². The quantitative estimate of drug-likeness (QED) is 0.380. The Hall–Kier alpha value is -0.0331. The van der Waals surface area contributed by atoms with Gasteiger partial charge in [0.15, 0.2) is 0 Å². The highest BCUT2D eigenvalue weighted by Crippen LogP contribution is 2.05. The molecule has 3 N–H and O–H groups in total. The molecule has 0 aromatic heterocycles. The van der Waals surface area contributed by atoms with Gasteiger partial charge in [-0.05, 0) is 12.8 Å². The lowest BCUT2D eigenvalue weighted by Gasteiger charge is -2.16. The summed E-state index contributed by atoms with van der Waals surface area (Å²) in [5.74, 6) is -0.0595. The molecule has 0 radical (unpaired) electrons. The van der Waals surface area contributed by atoms with Crippen LogP contribution in [0.3, 0.4) is 0 Å². The fourth-order valence-corrected chi connectivity index (χ4v) is 2.73. The predicted octanol–water partition coefficient (Wildman–Crippen LogP) is -1.10. The monoisotopic (exact) mass is 273 g/mol. The van der Waals surface area contributed by atoms with Crippen LogP contribution in [0.15, 0.2) is 0 Å². The van der Waals surface area contributed by atoms with Gasteiger partial charge in [-0.2, -0.15) is 17.8 Å². The zero-order valence-electron chi connectivity index (χ0n) is 9.46. The van der Waals surface area contributed by atoms with E-state index in [0.29, 0.717) is 6.42 Å². The molecule has 0 bridgehead atoms. The van der Waals surface area contributed by atoms with Gasteiger partial charge in [0.25, 0.3) is 10.1 Å². The molecule has 16 heavy (non-hydrogen) atoms. The van der Waals surface area contributed by atoms with E-state index in [1.807, 2.05) is 0 Å². The molecule has 9 heteroatoms. The first kappa shape index (κ1) is 16.0. The van der Waals surface area contributed by atoms with Crippen molar-refractivity contribution in [1.82, 2.24) is 5.06 Å². The summed E-state index contributed by atoms with van der Waals surface area (Å²) in [5.41, 5.74) is 0. The lowest BCUT2D eigenvalue weighted by atomic mass is 10.5. The molecule has 0 aliphatic heterocycles. The van der Waals surface area contributed by atoms with Gasteiger partial charge in [-0.25, -0.2) is 0 Å². The zero-order valence-corrected chi connectivity index (χ0v) is 11.3. The Bertz CT molecular complexity index is 288. The highest BCUT2D eigenvalue weighted by atomic mass is 32.2. The average Bonchev–Trinajstić information content (AvgIpc) is 1.99. The van der Waals surface area contributed by atoms with Crippen LogP contribution in [-0.2, 0) is 14.4 Å².